The van der Waals surface area contributed by atoms with Gasteiger partial charge in [-0.2, -0.15) is 13.2 Å². The maximum atomic E-state index is 12.2. The highest BCUT2D eigenvalue weighted by Gasteiger charge is 2.28. The van der Waals surface area contributed by atoms with Gasteiger partial charge in [-0.1, -0.05) is 0 Å². The number of nitrogens with zero attached hydrogens (tertiary/aromatic N) is 3. The molecule has 0 bridgehead atoms. The minimum absolute atomic E-state index is 0.0705. The Morgan fingerprint density at radius 2 is 2.06 bits per heavy atom. The number of hydrogen-bond acceptors (Lipinski definition) is 4. The number of alkyl halides is 3. The summed E-state index contributed by atoms with van der Waals surface area (Å²) in [5.74, 6) is 0.399. The molecule has 0 aromatic carbocycles. The van der Waals surface area contributed by atoms with Crippen molar-refractivity contribution in [2.24, 2.45) is 0 Å². The summed E-state index contributed by atoms with van der Waals surface area (Å²) in [7, 11) is 0. The summed E-state index contributed by atoms with van der Waals surface area (Å²) in [6.07, 6.45) is -4.24. The molecule has 1 rings (SSSR count). The molecule has 0 spiro atoms. The highest BCUT2D eigenvalue weighted by Crippen LogP contribution is 2.21. The van der Waals surface area contributed by atoms with E-state index in [0.29, 0.717) is 18.9 Å². The first-order valence-corrected chi connectivity index (χ1v) is 5.19. The third-order valence-corrected chi connectivity index (χ3v) is 2.17. The number of rotatable bonds is 5. The van der Waals surface area contributed by atoms with Crippen molar-refractivity contribution in [1.29, 1.82) is 0 Å². The largest absolute Gasteiger partial charge is 0.395 e. The first-order chi connectivity index (χ1) is 7.96. The number of anilines is 1. The van der Waals surface area contributed by atoms with E-state index in [-0.39, 0.29) is 12.3 Å². The van der Waals surface area contributed by atoms with Gasteiger partial charge in [0.1, 0.15) is 12.1 Å². The van der Waals surface area contributed by atoms with Crippen molar-refractivity contribution in [1.82, 2.24) is 9.97 Å². The Hall–Kier alpha value is -1.37. The zero-order chi connectivity index (χ0) is 12.9. The van der Waals surface area contributed by atoms with E-state index in [1.54, 1.807) is 4.90 Å². The third-order valence-electron chi connectivity index (χ3n) is 2.17. The first-order valence-electron chi connectivity index (χ1n) is 5.19. The molecule has 17 heavy (non-hydrogen) atoms. The second-order valence-electron chi connectivity index (χ2n) is 3.46. The Kier molecular flexibility index (Phi) is 4.68. The van der Waals surface area contributed by atoms with Gasteiger partial charge in [-0.15, -0.1) is 0 Å². The molecular weight excluding hydrogens is 235 g/mol. The predicted molar refractivity (Wildman–Crippen MR) is 56.8 cm³/mol. The fourth-order valence-corrected chi connectivity index (χ4v) is 1.42. The molecule has 0 atom stereocenters. The number of halogens is 3. The van der Waals surface area contributed by atoms with Gasteiger partial charge in [0, 0.05) is 19.2 Å². The molecule has 0 saturated heterocycles. The molecule has 7 heteroatoms. The van der Waals surface area contributed by atoms with Crippen LogP contribution in [0.5, 0.6) is 0 Å². The quantitative estimate of drug-likeness (QED) is 0.857. The van der Waals surface area contributed by atoms with Crippen LogP contribution in [-0.4, -0.2) is 40.9 Å². The monoisotopic (exact) mass is 249 g/mol. The number of hydrogen-bond donors (Lipinski definition) is 1. The van der Waals surface area contributed by atoms with Gasteiger partial charge in [0.25, 0.3) is 0 Å². The summed E-state index contributed by atoms with van der Waals surface area (Å²) in [6, 6.07) is 1.30. The van der Waals surface area contributed by atoms with Crippen molar-refractivity contribution in [2.45, 2.75) is 19.5 Å². The maximum Gasteiger partial charge on any atom is 0.394 e. The highest BCUT2D eigenvalue weighted by molar-refractivity contribution is 5.38. The molecule has 0 amide bonds. The Bertz CT molecular complexity index is 357. The molecule has 1 N–H and O–H groups in total. The summed E-state index contributed by atoms with van der Waals surface area (Å²) in [6.45, 7) is 2.65. The number of aromatic nitrogens is 2. The summed E-state index contributed by atoms with van der Waals surface area (Å²) in [5.41, 5.74) is -0.0705. The summed E-state index contributed by atoms with van der Waals surface area (Å²) in [4.78, 5) is 9.16. The minimum atomic E-state index is -4.28. The topological polar surface area (TPSA) is 49.2 Å². The van der Waals surface area contributed by atoms with Crippen molar-refractivity contribution in [3.63, 3.8) is 0 Å². The predicted octanol–water partition coefficient (Wildman–Crippen LogP) is 1.40. The van der Waals surface area contributed by atoms with Crippen LogP contribution in [-0.2, 0) is 6.42 Å². The van der Waals surface area contributed by atoms with E-state index in [1.165, 1.54) is 6.07 Å². The second kappa shape index (κ2) is 5.81. The zero-order valence-electron chi connectivity index (χ0n) is 9.41. The van der Waals surface area contributed by atoms with Crippen molar-refractivity contribution >= 4 is 5.82 Å². The first kappa shape index (κ1) is 13.7. The lowest BCUT2D eigenvalue weighted by Gasteiger charge is -2.20. The smallest absolute Gasteiger partial charge is 0.394 e. The van der Waals surface area contributed by atoms with Gasteiger partial charge >= 0.3 is 6.18 Å². The standard InChI is InChI=1S/C10H14F3N3O/c1-2-16(3-4-17)9-5-8(14-7-15-9)6-10(11,12)13/h5,7,17H,2-4,6H2,1H3. The Labute approximate surface area is 97.1 Å². The van der Waals surface area contributed by atoms with E-state index in [4.69, 9.17) is 5.11 Å². The Balaban J connectivity index is 2.84. The Morgan fingerprint density at radius 1 is 1.35 bits per heavy atom. The van der Waals surface area contributed by atoms with Gasteiger partial charge in [0.05, 0.1) is 18.7 Å². The summed E-state index contributed by atoms with van der Waals surface area (Å²) in [5, 5.41) is 8.82. The average Bonchev–Trinajstić information content (AvgIpc) is 2.24. The van der Waals surface area contributed by atoms with Crippen LogP contribution in [0.15, 0.2) is 12.4 Å². The molecule has 0 saturated carbocycles. The highest BCUT2D eigenvalue weighted by atomic mass is 19.4. The molecule has 1 heterocycles. The van der Waals surface area contributed by atoms with Gasteiger partial charge in [0.15, 0.2) is 0 Å². The summed E-state index contributed by atoms with van der Waals surface area (Å²) >= 11 is 0. The van der Waals surface area contributed by atoms with Crippen LogP contribution < -0.4 is 4.90 Å². The van der Waals surface area contributed by atoms with E-state index in [0.717, 1.165) is 6.33 Å². The molecule has 0 fully saturated rings. The van der Waals surface area contributed by atoms with E-state index in [9.17, 15) is 13.2 Å². The lowest BCUT2D eigenvalue weighted by Crippen LogP contribution is -2.27. The molecule has 0 radical (unpaired) electrons. The number of likely N-dealkylation sites (N-methyl/N-ethyl adjacent to an activating group) is 1. The maximum absolute atomic E-state index is 12.2. The lowest BCUT2D eigenvalue weighted by molar-refractivity contribution is -0.127. The third kappa shape index (κ3) is 4.56. The molecule has 0 aliphatic carbocycles. The normalized spacial score (nSPS) is 11.6. The van der Waals surface area contributed by atoms with Gasteiger partial charge in [-0.05, 0) is 6.92 Å². The van der Waals surface area contributed by atoms with Crippen LogP contribution in [0.4, 0.5) is 19.0 Å². The number of aliphatic hydroxyl groups excluding tert-OH is 1. The molecule has 96 valence electrons. The molecular formula is C10H14F3N3O. The van der Waals surface area contributed by atoms with Crippen LogP contribution >= 0.6 is 0 Å². The molecule has 0 aliphatic heterocycles. The van der Waals surface area contributed by atoms with Crippen molar-refractivity contribution in [3.05, 3.63) is 18.1 Å². The average molecular weight is 249 g/mol. The van der Waals surface area contributed by atoms with Crippen molar-refractivity contribution in [2.75, 3.05) is 24.6 Å². The van der Waals surface area contributed by atoms with Crippen molar-refractivity contribution < 1.29 is 18.3 Å². The minimum Gasteiger partial charge on any atom is -0.395 e. The zero-order valence-corrected chi connectivity index (χ0v) is 9.41. The Morgan fingerprint density at radius 3 is 2.59 bits per heavy atom. The van der Waals surface area contributed by atoms with Gasteiger partial charge in [0.2, 0.25) is 0 Å². The van der Waals surface area contributed by atoms with E-state index in [1.807, 2.05) is 6.92 Å². The molecule has 0 unspecified atom stereocenters. The molecule has 1 aromatic heterocycles. The summed E-state index contributed by atoms with van der Waals surface area (Å²) < 4.78 is 36.6. The van der Waals surface area contributed by atoms with Crippen LogP contribution in [0.25, 0.3) is 0 Å². The van der Waals surface area contributed by atoms with Crippen LogP contribution in [0.3, 0.4) is 0 Å². The van der Waals surface area contributed by atoms with Gasteiger partial charge in [-0.3, -0.25) is 0 Å². The van der Waals surface area contributed by atoms with E-state index < -0.39 is 12.6 Å². The van der Waals surface area contributed by atoms with Gasteiger partial charge in [-0.25, -0.2) is 9.97 Å². The molecule has 1 aromatic rings. The molecule has 4 nitrogen and oxygen atoms in total. The van der Waals surface area contributed by atoms with Crippen molar-refractivity contribution in [3.8, 4) is 0 Å². The fraction of sp³-hybridized carbons (Fsp3) is 0.600. The fourth-order valence-electron chi connectivity index (χ4n) is 1.42. The molecule has 0 aliphatic rings. The second-order valence-corrected chi connectivity index (χ2v) is 3.46. The van der Waals surface area contributed by atoms with E-state index in [2.05, 4.69) is 9.97 Å². The SMILES string of the molecule is CCN(CCO)c1cc(CC(F)(F)F)ncn1. The van der Waals surface area contributed by atoms with Crippen LogP contribution in [0, 0.1) is 0 Å². The van der Waals surface area contributed by atoms with Crippen LogP contribution in [0.2, 0.25) is 0 Å². The van der Waals surface area contributed by atoms with E-state index >= 15 is 0 Å². The van der Waals surface area contributed by atoms with Crippen LogP contribution in [0.1, 0.15) is 12.6 Å². The lowest BCUT2D eigenvalue weighted by atomic mass is 10.3. The van der Waals surface area contributed by atoms with Gasteiger partial charge < -0.3 is 10.0 Å². The number of aliphatic hydroxyl groups is 1.